The van der Waals surface area contributed by atoms with Gasteiger partial charge in [-0.25, -0.2) is 0 Å². The fourth-order valence-electron chi connectivity index (χ4n) is 3.08. The molecular formula is C15H17NO2. The third kappa shape index (κ3) is 1.84. The first-order valence-corrected chi connectivity index (χ1v) is 6.71. The molecule has 3 rings (SSSR count). The molecule has 2 amide bonds. The van der Waals surface area contributed by atoms with Gasteiger partial charge in [0.15, 0.2) is 0 Å². The van der Waals surface area contributed by atoms with Gasteiger partial charge in [0.1, 0.15) is 0 Å². The monoisotopic (exact) mass is 243 g/mol. The second-order valence-electron chi connectivity index (χ2n) is 5.19. The van der Waals surface area contributed by atoms with E-state index in [4.69, 9.17) is 0 Å². The van der Waals surface area contributed by atoms with Crippen LogP contribution in [0.2, 0.25) is 0 Å². The van der Waals surface area contributed by atoms with Crippen LogP contribution in [0.3, 0.4) is 0 Å². The summed E-state index contributed by atoms with van der Waals surface area (Å²) in [4.78, 5) is 26.1. The first kappa shape index (κ1) is 11.5. The number of hydrogen-bond donors (Lipinski definition) is 0. The van der Waals surface area contributed by atoms with Crippen molar-refractivity contribution in [2.75, 3.05) is 0 Å². The summed E-state index contributed by atoms with van der Waals surface area (Å²) in [6.45, 7) is 0. The van der Waals surface area contributed by atoms with Crippen LogP contribution in [-0.2, 0) is 11.2 Å². The van der Waals surface area contributed by atoms with Gasteiger partial charge >= 0.3 is 0 Å². The number of rotatable bonds is 1. The largest absolute Gasteiger partial charge is 0.275 e. The van der Waals surface area contributed by atoms with Gasteiger partial charge < -0.3 is 0 Å². The van der Waals surface area contributed by atoms with Gasteiger partial charge in [0.2, 0.25) is 5.91 Å². The number of imide groups is 1. The number of benzene rings is 1. The van der Waals surface area contributed by atoms with Gasteiger partial charge in [0.05, 0.1) is 6.42 Å². The van der Waals surface area contributed by atoms with E-state index in [0.717, 1.165) is 31.2 Å². The number of amides is 2. The van der Waals surface area contributed by atoms with E-state index in [-0.39, 0.29) is 17.9 Å². The standard InChI is InChI=1S/C15H17NO2/c17-14-10-11-6-4-5-9-13(11)15(18)16(14)12-7-2-1-3-8-12/h4-6,9,12H,1-3,7-8,10H2. The van der Waals surface area contributed by atoms with Crippen molar-refractivity contribution in [1.82, 2.24) is 4.90 Å². The molecule has 1 aromatic carbocycles. The van der Waals surface area contributed by atoms with E-state index >= 15 is 0 Å². The Morgan fingerprint density at radius 1 is 1.00 bits per heavy atom. The Morgan fingerprint density at radius 2 is 1.72 bits per heavy atom. The maximum absolute atomic E-state index is 12.4. The van der Waals surface area contributed by atoms with Crippen LogP contribution in [0, 0.1) is 0 Å². The predicted octanol–water partition coefficient (Wildman–Crippen LogP) is 2.54. The molecule has 0 N–H and O–H groups in total. The van der Waals surface area contributed by atoms with Crippen molar-refractivity contribution in [2.24, 2.45) is 0 Å². The van der Waals surface area contributed by atoms with Crippen molar-refractivity contribution in [1.29, 1.82) is 0 Å². The number of nitrogens with zero attached hydrogens (tertiary/aromatic N) is 1. The lowest BCUT2D eigenvalue weighted by Crippen LogP contribution is -2.49. The van der Waals surface area contributed by atoms with Crippen LogP contribution in [0.1, 0.15) is 48.0 Å². The lowest BCUT2D eigenvalue weighted by atomic mass is 9.90. The molecular weight excluding hydrogens is 226 g/mol. The topological polar surface area (TPSA) is 37.4 Å². The van der Waals surface area contributed by atoms with Crippen molar-refractivity contribution < 1.29 is 9.59 Å². The summed E-state index contributed by atoms with van der Waals surface area (Å²) in [5.74, 6) is -0.112. The Hall–Kier alpha value is -1.64. The molecule has 0 saturated heterocycles. The second kappa shape index (κ2) is 4.56. The Labute approximate surface area is 107 Å². The highest BCUT2D eigenvalue weighted by Gasteiger charge is 2.35. The molecule has 0 spiro atoms. The summed E-state index contributed by atoms with van der Waals surface area (Å²) in [7, 11) is 0. The van der Waals surface area contributed by atoms with E-state index in [1.165, 1.54) is 11.3 Å². The van der Waals surface area contributed by atoms with Crippen LogP contribution in [0.15, 0.2) is 24.3 Å². The normalized spacial score (nSPS) is 21.0. The summed E-state index contributed by atoms with van der Waals surface area (Å²) in [5.41, 5.74) is 1.59. The molecule has 2 aliphatic rings. The summed E-state index contributed by atoms with van der Waals surface area (Å²) in [6.07, 6.45) is 5.80. The van der Waals surface area contributed by atoms with Crippen molar-refractivity contribution in [3.8, 4) is 0 Å². The summed E-state index contributed by atoms with van der Waals surface area (Å²) >= 11 is 0. The van der Waals surface area contributed by atoms with Gasteiger partial charge in [-0.15, -0.1) is 0 Å². The highest BCUT2D eigenvalue weighted by Crippen LogP contribution is 2.28. The zero-order valence-electron chi connectivity index (χ0n) is 10.4. The summed E-state index contributed by atoms with van der Waals surface area (Å²) in [5, 5.41) is 0. The molecule has 1 aliphatic carbocycles. The first-order chi connectivity index (χ1) is 8.77. The fourth-order valence-corrected chi connectivity index (χ4v) is 3.08. The minimum atomic E-state index is -0.0891. The lowest BCUT2D eigenvalue weighted by molar-refractivity contribution is -0.130. The van der Waals surface area contributed by atoms with E-state index < -0.39 is 0 Å². The molecule has 1 aliphatic heterocycles. The highest BCUT2D eigenvalue weighted by molar-refractivity contribution is 6.09. The molecule has 3 nitrogen and oxygen atoms in total. The summed E-state index contributed by atoms with van der Waals surface area (Å²) in [6, 6.07) is 7.59. The molecule has 1 fully saturated rings. The average molecular weight is 243 g/mol. The number of fused-ring (bicyclic) bond motifs is 1. The maximum atomic E-state index is 12.4. The maximum Gasteiger partial charge on any atom is 0.261 e. The predicted molar refractivity (Wildman–Crippen MR) is 68.2 cm³/mol. The lowest BCUT2D eigenvalue weighted by Gasteiger charge is -2.35. The average Bonchev–Trinajstić information content (AvgIpc) is 2.40. The van der Waals surface area contributed by atoms with Crippen LogP contribution in [-0.4, -0.2) is 22.8 Å². The Balaban J connectivity index is 1.92. The van der Waals surface area contributed by atoms with Crippen molar-refractivity contribution >= 4 is 11.8 Å². The quantitative estimate of drug-likeness (QED) is 0.711. The smallest absolute Gasteiger partial charge is 0.261 e. The van der Waals surface area contributed by atoms with Gasteiger partial charge in [-0.1, -0.05) is 37.5 Å². The van der Waals surface area contributed by atoms with Crippen LogP contribution >= 0.6 is 0 Å². The molecule has 3 heteroatoms. The minimum Gasteiger partial charge on any atom is -0.275 e. The number of carbonyl (C=O) groups is 2. The second-order valence-corrected chi connectivity index (χ2v) is 5.19. The zero-order chi connectivity index (χ0) is 12.5. The third-order valence-corrected chi connectivity index (χ3v) is 4.02. The fraction of sp³-hybridized carbons (Fsp3) is 0.467. The molecule has 1 heterocycles. The van der Waals surface area contributed by atoms with Crippen LogP contribution in [0.25, 0.3) is 0 Å². The van der Waals surface area contributed by atoms with Gasteiger partial charge in [0, 0.05) is 11.6 Å². The number of hydrogen-bond acceptors (Lipinski definition) is 2. The molecule has 0 unspecified atom stereocenters. The van der Waals surface area contributed by atoms with Crippen molar-refractivity contribution in [3.63, 3.8) is 0 Å². The van der Waals surface area contributed by atoms with E-state index in [1.54, 1.807) is 0 Å². The molecule has 18 heavy (non-hydrogen) atoms. The van der Waals surface area contributed by atoms with Crippen LogP contribution in [0.4, 0.5) is 0 Å². The molecule has 0 radical (unpaired) electrons. The Morgan fingerprint density at radius 3 is 2.50 bits per heavy atom. The Kier molecular flexibility index (Phi) is 2.90. The molecule has 0 aromatic heterocycles. The van der Waals surface area contributed by atoms with E-state index in [9.17, 15) is 9.59 Å². The highest BCUT2D eigenvalue weighted by atomic mass is 16.2. The molecule has 1 saturated carbocycles. The Bertz CT molecular complexity index is 489. The SMILES string of the molecule is O=C1Cc2ccccc2C(=O)N1C1CCCCC1. The van der Waals surface area contributed by atoms with E-state index in [1.807, 2.05) is 24.3 Å². The minimum absolute atomic E-state index is 0.0226. The van der Waals surface area contributed by atoms with Crippen molar-refractivity contribution in [3.05, 3.63) is 35.4 Å². The molecule has 1 aromatic rings. The molecule has 94 valence electrons. The van der Waals surface area contributed by atoms with E-state index in [0.29, 0.717) is 12.0 Å². The van der Waals surface area contributed by atoms with Gasteiger partial charge in [-0.3, -0.25) is 14.5 Å². The van der Waals surface area contributed by atoms with Crippen molar-refractivity contribution in [2.45, 2.75) is 44.6 Å². The first-order valence-electron chi connectivity index (χ1n) is 6.71. The van der Waals surface area contributed by atoms with E-state index in [2.05, 4.69) is 0 Å². The molecule has 0 atom stereocenters. The number of carbonyl (C=O) groups excluding carboxylic acids is 2. The van der Waals surface area contributed by atoms with Gasteiger partial charge in [0.25, 0.3) is 5.91 Å². The molecule has 0 bridgehead atoms. The van der Waals surface area contributed by atoms with Crippen LogP contribution in [0.5, 0.6) is 0 Å². The summed E-state index contributed by atoms with van der Waals surface area (Å²) < 4.78 is 0. The zero-order valence-corrected chi connectivity index (χ0v) is 10.4. The third-order valence-electron chi connectivity index (χ3n) is 4.02. The van der Waals surface area contributed by atoms with Gasteiger partial charge in [-0.05, 0) is 24.5 Å². The van der Waals surface area contributed by atoms with Crippen LogP contribution < -0.4 is 0 Å². The van der Waals surface area contributed by atoms with Gasteiger partial charge in [-0.2, -0.15) is 0 Å².